The standard InChI is InChI=1S/C17H15FN2O2/c1-11-20-15-7-4-13(10-16(15)22-11)17(21)19-9-8-12-2-5-14(18)6-3-12/h2-7,10H,8-9H2,1H3,(H,19,21). The first-order valence-corrected chi connectivity index (χ1v) is 7.02. The van der Waals surface area contributed by atoms with Crippen LogP contribution in [0, 0.1) is 12.7 Å². The van der Waals surface area contributed by atoms with Crippen molar-refractivity contribution in [1.82, 2.24) is 10.3 Å². The first-order valence-electron chi connectivity index (χ1n) is 7.02. The third-order valence-electron chi connectivity index (χ3n) is 3.37. The summed E-state index contributed by atoms with van der Waals surface area (Å²) in [7, 11) is 0. The summed E-state index contributed by atoms with van der Waals surface area (Å²) in [5, 5.41) is 2.84. The maximum atomic E-state index is 12.8. The van der Waals surface area contributed by atoms with Crippen molar-refractivity contribution in [1.29, 1.82) is 0 Å². The van der Waals surface area contributed by atoms with Gasteiger partial charge in [0.25, 0.3) is 5.91 Å². The lowest BCUT2D eigenvalue weighted by Crippen LogP contribution is -2.25. The van der Waals surface area contributed by atoms with E-state index in [4.69, 9.17) is 4.42 Å². The van der Waals surface area contributed by atoms with E-state index in [9.17, 15) is 9.18 Å². The van der Waals surface area contributed by atoms with E-state index < -0.39 is 0 Å². The average molecular weight is 298 g/mol. The first-order chi connectivity index (χ1) is 10.6. The van der Waals surface area contributed by atoms with Crippen LogP contribution in [0.2, 0.25) is 0 Å². The molecule has 0 unspecified atom stereocenters. The Morgan fingerprint density at radius 3 is 2.77 bits per heavy atom. The van der Waals surface area contributed by atoms with Crippen molar-refractivity contribution < 1.29 is 13.6 Å². The molecule has 0 radical (unpaired) electrons. The molecule has 1 heterocycles. The van der Waals surface area contributed by atoms with Crippen LogP contribution < -0.4 is 5.32 Å². The zero-order valence-corrected chi connectivity index (χ0v) is 12.1. The van der Waals surface area contributed by atoms with Crippen molar-refractivity contribution in [2.75, 3.05) is 6.54 Å². The minimum Gasteiger partial charge on any atom is -0.441 e. The van der Waals surface area contributed by atoms with Gasteiger partial charge in [0.1, 0.15) is 11.3 Å². The van der Waals surface area contributed by atoms with Crippen molar-refractivity contribution in [3.05, 3.63) is 65.3 Å². The zero-order valence-electron chi connectivity index (χ0n) is 12.1. The highest BCUT2D eigenvalue weighted by molar-refractivity contribution is 5.97. The second-order valence-electron chi connectivity index (χ2n) is 5.05. The van der Waals surface area contributed by atoms with Crippen LogP contribution in [0.3, 0.4) is 0 Å². The third kappa shape index (κ3) is 3.14. The minimum absolute atomic E-state index is 0.168. The van der Waals surface area contributed by atoms with Crippen LogP contribution in [0.25, 0.3) is 11.1 Å². The molecule has 0 bridgehead atoms. The van der Waals surface area contributed by atoms with Crippen molar-refractivity contribution in [2.24, 2.45) is 0 Å². The monoisotopic (exact) mass is 298 g/mol. The molecular formula is C17H15FN2O2. The van der Waals surface area contributed by atoms with E-state index in [1.54, 1.807) is 37.3 Å². The molecule has 0 aliphatic carbocycles. The van der Waals surface area contributed by atoms with E-state index in [2.05, 4.69) is 10.3 Å². The van der Waals surface area contributed by atoms with Gasteiger partial charge in [0.15, 0.2) is 11.5 Å². The van der Waals surface area contributed by atoms with Gasteiger partial charge in [-0.3, -0.25) is 4.79 Å². The summed E-state index contributed by atoms with van der Waals surface area (Å²) in [6.45, 7) is 2.25. The molecule has 0 spiro atoms. The minimum atomic E-state index is -0.261. The van der Waals surface area contributed by atoms with Gasteiger partial charge in [0.2, 0.25) is 0 Å². The predicted octanol–water partition coefficient (Wildman–Crippen LogP) is 3.25. The summed E-state index contributed by atoms with van der Waals surface area (Å²) < 4.78 is 18.2. The average Bonchev–Trinajstić information content (AvgIpc) is 2.88. The molecule has 3 rings (SSSR count). The molecule has 112 valence electrons. The van der Waals surface area contributed by atoms with Gasteiger partial charge in [-0.15, -0.1) is 0 Å². The lowest BCUT2D eigenvalue weighted by molar-refractivity contribution is 0.0954. The molecule has 1 amide bonds. The van der Waals surface area contributed by atoms with Crippen LogP contribution in [-0.4, -0.2) is 17.4 Å². The summed E-state index contributed by atoms with van der Waals surface area (Å²) in [6, 6.07) is 11.4. The largest absolute Gasteiger partial charge is 0.441 e. The maximum Gasteiger partial charge on any atom is 0.251 e. The Hall–Kier alpha value is -2.69. The van der Waals surface area contributed by atoms with E-state index >= 15 is 0 Å². The number of fused-ring (bicyclic) bond motifs is 1. The number of carbonyl (C=O) groups is 1. The number of benzene rings is 2. The molecule has 22 heavy (non-hydrogen) atoms. The lowest BCUT2D eigenvalue weighted by Gasteiger charge is -2.05. The second-order valence-corrected chi connectivity index (χ2v) is 5.05. The topological polar surface area (TPSA) is 55.1 Å². The summed E-state index contributed by atoms with van der Waals surface area (Å²) in [5.74, 6) is 0.144. The van der Waals surface area contributed by atoms with Crippen LogP contribution in [0.4, 0.5) is 4.39 Å². The summed E-state index contributed by atoms with van der Waals surface area (Å²) >= 11 is 0. The molecule has 4 nitrogen and oxygen atoms in total. The number of halogens is 1. The number of nitrogens with one attached hydrogen (secondary N) is 1. The highest BCUT2D eigenvalue weighted by Crippen LogP contribution is 2.16. The summed E-state index contributed by atoms with van der Waals surface area (Å²) in [4.78, 5) is 16.3. The van der Waals surface area contributed by atoms with Crippen molar-refractivity contribution >= 4 is 17.0 Å². The Balaban J connectivity index is 1.61. The van der Waals surface area contributed by atoms with Crippen LogP contribution in [0.1, 0.15) is 21.8 Å². The van der Waals surface area contributed by atoms with Crippen LogP contribution >= 0.6 is 0 Å². The number of oxazole rings is 1. The van der Waals surface area contributed by atoms with E-state index in [1.165, 1.54) is 12.1 Å². The van der Waals surface area contributed by atoms with Crippen LogP contribution in [-0.2, 0) is 6.42 Å². The van der Waals surface area contributed by atoms with Gasteiger partial charge < -0.3 is 9.73 Å². The van der Waals surface area contributed by atoms with E-state index in [0.717, 1.165) is 11.1 Å². The molecule has 0 saturated carbocycles. The number of nitrogens with zero attached hydrogens (tertiary/aromatic N) is 1. The number of aryl methyl sites for hydroxylation is 1. The molecule has 0 fully saturated rings. The molecule has 0 aliphatic heterocycles. The number of hydrogen-bond donors (Lipinski definition) is 1. The highest BCUT2D eigenvalue weighted by Gasteiger charge is 2.09. The highest BCUT2D eigenvalue weighted by atomic mass is 19.1. The Morgan fingerprint density at radius 1 is 1.23 bits per heavy atom. The van der Waals surface area contributed by atoms with Gasteiger partial charge in [0, 0.05) is 19.0 Å². The molecule has 1 N–H and O–H groups in total. The number of amides is 1. The van der Waals surface area contributed by atoms with Gasteiger partial charge >= 0.3 is 0 Å². The zero-order chi connectivity index (χ0) is 15.5. The quantitative estimate of drug-likeness (QED) is 0.804. The number of rotatable bonds is 4. The van der Waals surface area contributed by atoms with Crippen LogP contribution in [0.5, 0.6) is 0 Å². The third-order valence-corrected chi connectivity index (χ3v) is 3.37. The van der Waals surface area contributed by atoms with Gasteiger partial charge in [-0.2, -0.15) is 0 Å². The van der Waals surface area contributed by atoms with Gasteiger partial charge in [-0.1, -0.05) is 12.1 Å². The number of aromatic nitrogens is 1. The molecule has 2 aromatic carbocycles. The fourth-order valence-electron chi connectivity index (χ4n) is 2.25. The fourth-order valence-corrected chi connectivity index (χ4v) is 2.25. The van der Waals surface area contributed by atoms with Crippen molar-refractivity contribution in [3.63, 3.8) is 0 Å². The van der Waals surface area contributed by atoms with E-state index in [0.29, 0.717) is 30.0 Å². The summed E-state index contributed by atoms with van der Waals surface area (Å²) in [5.41, 5.74) is 2.84. The molecule has 3 aromatic rings. The van der Waals surface area contributed by atoms with Gasteiger partial charge in [-0.25, -0.2) is 9.37 Å². The molecule has 0 atom stereocenters. The summed E-state index contributed by atoms with van der Waals surface area (Å²) in [6.07, 6.45) is 0.648. The van der Waals surface area contributed by atoms with Crippen molar-refractivity contribution in [2.45, 2.75) is 13.3 Å². The number of hydrogen-bond acceptors (Lipinski definition) is 3. The normalized spacial score (nSPS) is 10.8. The first kappa shape index (κ1) is 14.3. The van der Waals surface area contributed by atoms with E-state index in [1.807, 2.05) is 0 Å². The SMILES string of the molecule is Cc1nc2ccc(C(=O)NCCc3ccc(F)cc3)cc2o1. The van der Waals surface area contributed by atoms with E-state index in [-0.39, 0.29) is 11.7 Å². The Morgan fingerprint density at radius 2 is 2.00 bits per heavy atom. The Bertz CT molecular complexity index is 809. The molecule has 0 saturated heterocycles. The smallest absolute Gasteiger partial charge is 0.251 e. The molecular weight excluding hydrogens is 283 g/mol. The second kappa shape index (κ2) is 5.97. The molecule has 1 aromatic heterocycles. The number of carbonyl (C=O) groups excluding carboxylic acids is 1. The Labute approximate surface area is 127 Å². The predicted molar refractivity (Wildman–Crippen MR) is 81.2 cm³/mol. The van der Waals surface area contributed by atoms with Crippen molar-refractivity contribution in [3.8, 4) is 0 Å². The van der Waals surface area contributed by atoms with Crippen LogP contribution in [0.15, 0.2) is 46.9 Å². The maximum absolute atomic E-state index is 12.8. The Kier molecular flexibility index (Phi) is 3.87. The van der Waals surface area contributed by atoms with Gasteiger partial charge in [-0.05, 0) is 42.3 Å². The fraction of sp³-hybridized carbons (Fsp3) is 0.176. The van der Waals surface area contributed by atoms with Gasteiger partial charge in [0.05, 0.1) is 0 Å². The lowest BCUT2D eigenvalue weighted by atomic mass is 10.1. The molecule has 0 aliphatic rings. The molecule has 5 heteroatoms.